The van der Waals surface area contributed by atoms with Crippen LogP contribution in [-0.4, -0.2) is 16.7 Å². The maximum absolute atomic E-state index is 6.12. The Hall–Kier alpha value is -1.52. The normalized spacial score (nSPS) is 10.6. The van der Waals surface area contributed by atoms with Crippen LogP contribution in [0.3, 0.4) is 0 Å². The van der Waals surface area contributed by atoms with Crippen molar-refractivity contribution in [2.24, 2.45) is 12.8 Å². The molecule has 0 spiro atoms. The largest absolute Gasteiger partial charge is 0.497 e. The molecule has 1 heterocycles. The molecule has 0 fully saturated rings. The summed E-state index contributed by atoms with van der Waals surface area (Å²) >= 11 is 6.12. The highest BCUT2D eigenvalue weighted by molar-refractivity contribution is 6.32. The number of hydrogen-bond acceptors (Lipinski definition) is 3. The molecular weight excluding hydrogens is 238 g/mol. The minimum absolute atomic E-state index is 0.367. The molecular formula is C12H14ClN3O. The number of aromatic nitrogens is 2. The summed E-state index contributed by atoms with van der Waals surface area (Å²) < 4.78 is 7.02. The van der Waals surface area contributed by atoms with Crippen LogP contribution in [-0.2, 0) is 13.6 Å². The van der Waals surface area contributed by atoms with Gasteiger partial charge in [0.2, 0.25) is 0 Å². The first-order chi connectivity index (χ1) is 8.17. The Morgan fingerprint density at radius 1 is 1.35 bits per heavy atom. The third kappa shape index (κ3) is 2.14. The van der Waals surface area contributed by atoms with Crippen LogP contribution >= 0.6 is 11.6 Å². The van der Waals surface area contributed by atoms with Crippen LogP contribution in [0.25, 0.3) is 11.3 Å². The molecule has 5 heteroatoms. The highest BCUT2D eigenvalue weighted by Gasteiger charge is 2.13. The number of nitrogens with zero attached hydrogens (tertiary/aromatic N) is 2. The molecule has 0 amide bonds. The Kier molecular flexibility index (Phi) is 3.36. The van der Waals surface area contributed by atoms with E-state index in [1.807, 2.05) is 35.9 Å². The van der Waals surface area contributed by atoms with Crippen molar-refractivity contribution in [3.63, 3.8) is 0 Å². The van der Waals surface area contributed by atoms with Crippen molar-refractivity contribution in [3.05, 3.63) is 35.2 Å². The fourth-order valence-corrected chi connectivity index (χ4v) is 2.09. The molecule has 2 aromatic rings. The summed E-state index contributed by atoms with van der Waals surface area (Å²) in [4.78, 5) is 4.22. The third-order valence-electron chi connectivity index (χ3n) is 2.69. The second kappa shape index (κ2) is 4.77. The molecule has 0 bridgehead atoms. The Morgan fingerprint density at radius 3 is 2.47 bits per heavy atom. The van der Waals surface area contributed by atoms with Gasteiger partial charge in [-0.1, -0.05) is 11.6 Å². The Morgan fingerprint density at radius 2 is 2.00 bits per heavy atom. The van der Waals surface area contributed by atoms with E-state index in [1.165, 1.54) is 0 Å². The topological polar surface area (TPSA) is 53.1 Å². The number of imidazole rings is 1. The molecule has 2 N–H and O–H groups in total. The molecule has 1 aromatic heterocycles. The lowest BCUT2D eigenvalue weighted by molar-refractivity contribution is 0.415. The Balaban J connectivity index is 2.48. The Bertz CT molecular complexity index is 519. The lowest BCUT2D eigenvalue weighted by Gasteiger charge is -2.06. The van der Waals surface area contributed by atoms with Gasteiger partial charge in [-0.05, 0) is 24.3 Å². The molecule has 0 aliphatic carbocycles. The van der Waals surface area contributed by atoms with Gasteiger partial charge in [0.25, 0.3) is 0 Å². The zero-order chi connectivity index (χ0) is 12.4. The fraction of sp³-hybridized carbons (Fsp3) is 0.250. The standard InChI is InChI=1S/C12H14ClN3O/c1-16-10(7-14)15-12(13)11(16)8-3-5-9(17-2)6-4-8/h3-6H,7,14H2,1-2H3. The van der Waals surface area contributed by atoms with Crippen LogP contribution < -0.4 is 10.5 Å². The molecule has 1 aromatic carbocycles. The number of methoxy groups -OCH3 is 1. The van der Waals surface area contributed by atoms with Crippen LogP contribution in [0.2, 0.25) is 5.15 Å². The zero-order valence-corrected chi connectivity index (χ0v) is 10.5. The minimum atomic E-state index is 0.367. The molecule has 0 saturated carbocycles. The first kappa shape index (κ1) is 12.0. The van der Waals surface area contributed by atoms with Gasteiger partial charge in [0.15, 0.2) is 5.15 Å². The van der Waals surface area contributed by atoms with Crippen molar-refractivity contribution in [2.45, 2.75) is 6.54 Å². The number of nitrogens with two attached hydrogens (primary N) is 1. The van der Waals surface area contributed by atoms with Crippen LogP contribution in [0.5, 0.6) is 5.75 Å². The average molecular weight is 252 g/mol. The van der Waals surface area contributed by atoms with Crippen LogP contribution in [0, 0.1) is 0 Å². The summed E-state index contributed by atoms with van der Waals surface area (Å²) in [6, 6.07) is 7.67. The summed E-state index contributed by atoms with van der Waals surface area (Å²) in [6.45, 7) is 0.367. The van der Waals surface area contributed by atoms with Crippen LogP contribution in [0.1, 0.15) is 5.82 Å². The van der Waals surface area contributed by atoms with Crippen molar-refractivity contribution in [1.29, 1.82) is 0 Å². The molecule has 0 radical (unpaired) electrons. The van der Waals surface area contributed by atoms with Gasteiger partial charge in [-0.25, -0.2) is 4.98 Å². The summed E-state index contributed by atoms with van der Waals surface area (Å²) in [6.07, 6.45) is 0. The fourth-order valence-electron chi connectivity index (χ4n) is 1.75. The number of ether oxygens (including phenoxy) is 1. The van der Waals surface area contributed by atoms with Gasteiger partial charge in [-0.3, -0.25) is 0 Å². The molecule has 4 nitrogen and oxygen atoms in total. The van der Waals surface area contributed by atoms with E-state index in [2.05, 4.69) is 4.98 Å². The molecule has 0 unspecified atom stereocenters. The van der Waals surface area contributed by atoms with E-state index in [1.54, 1.807) is 7.11 Å². The lowest BCUT2D eigenvalue weighted by atomic mass is 10.1. The second-order valence-corrected chi connectivity index (χ2v) is 4.02. The van der Waals surface area contributed by atoms with Gasteiger partial charge >= 0.3 is 0 Å². The quantitative estimate of drug-likeness (QED) is 0.910. The van der Waals surface area contributed by atoms with Crippen molar-refractivity contribution >= 4 is 11.6 Å². The molecule has 17 heavy (non-hydrogen) atoms. The SMILES string of the molecule is COc1ccc(-c2c(Cl)nc(CN)n2C)cc1. The van der Waals surface area contributed by atoms with Crippen LogP contribution in [0.15, 0.2) is 24.3 Å². The molecule has 0 aliphatic heterocycles. The Labute approximate surface area is 105 Å². The first-order valence-corrected chi connectivity index (χ1v) is 5.60. The molecule has 0 atom stereocenters. The van der Waals surface area contributed by atoms with Crippen molar-refractivity contribution in [3.8, 4) is 17.0 Å². The van der Waals surface area contributed by atoms with Crippen molar-refractivity contribution in [2.75, 3.05) is 7.11 Å². The van der Waals surface area contributed by atoms with E-state index in [0.717, 1.165) is 22.8 Å². The number of halogens is 1. The first-order valence-electron chi connectivity index (χ1n) is 5.23. The van der Waals surface area contributed by atoms with Crippen molar-refractivity contribution < 1.29 is 4.74 Å². The second-order valence-electron chi connectivity index (χ2n) is 3.66. The van der Waals surface area contributed by atoms with Gasteiger partial charge in [-0.2, -0.15) is 0 Å². The summed E-state index contributed by atoms with van der Waals surface area (Å²) in [5.74, 6) is 1.58. The zero-order valence-electron chi connectivity index (χ0n) is 9.77. The highest BCUT2D eigenvalue weighted by Crippen LogP contribution is 2.29. The monoisotopic (exact) mass is 251 g/mol. The van der Waals surface area contributed by atoms with E-state index in [0.29, 0.717) is 11.7 Å². The van der Waals surface area contributed by atoms with E-state index >= 15 is 0 Å². The van der Waals surface area contributed by atoms with Gasteiger partial charge in [0.05, 0.1) is 19.3 Å². The predicted octanol–water partition coefficient (Wildman–Crippen LogP) is 2.21. The smallest absolute Gasteiger partial charge is 0.155 e. The molecule has 90 valence electrons. The summed E-state index contributed by atoms with van der Waals surface area (Å²) in [7, 11) is 3.54. The van der Waals surface area contributed by atoms with E-state index < -0.39 is 0 Å². The number of rotatable bonds is 3. The van der Waals surface area contributed by atoms with E-state index in [4.69, 9.17) is 22.1 Å². The molecule has 0 saturated heterocycles. The van der Waals surface area contributed by atoms with Crippen LogP contribution in [0.4, 0.5) is 0 Å². The lowest BCUT2D eigenvalue weighted by Crippen LogP contribution is -2.05. The maximum Gasteiger partial charge on any atom is 0.155 e. The van der Waals surface area contributed by atoms with Gasteiger partial charge in [-0.15, -0.1) is 0 Å². The number of hydrogen-bond donors (Lipinski definition) is 1. The summed E-state index contributed by atoms with van der Waals surface area (Å²) in [5, 5.41) is 0.470. The third-order valence-corrected chi connectivity index (χ3v) is 2.95. The molecule has 0 aliphatic rings. The molecule has 2 rings (SSSR count). The average Bonchev–Trinajstić information content (AvgIpc) is 2.64. The van der Waals surface area contributed by atoms with Gasteiger partial charge in [0.1, 0.15) is 11.6 Å². The number of benzene rings is 1. The van der Waals surface area contributed by atoms with Gasteiger partial charge < -0.3 is 15.0 Å². The van der Waals surface area contributed by atoms with E-state index in [-0.39, 0.29) is 0 Å². The van der Waals surface area contributed by atoms with Crippen molar-refractivity contribution in [1.82, 2.24) is 9.55 Å². The highest BCUT2D eigenvalue weighted by atomic mass is 35.5. The maximum atomic E-state index is 6.12. The van der Waals surface area contributed by atoms with E-state index in [9.17, 15) is 0 Å². The summed E-state index contributed by atoms with van der Waals surface area (Å²) in [5.41, 5.74) is 7.46. The minimum Gasteiger partial charge on any atom is -0.497 e. The van der Waals surface area contributed by atoms with Gasteiger partial charge in [0, 0.05) is 12.6 Å². The predicted molar refractivity (Wildman–Crippen MR) is 68.1 cm³/mol.